The second kappa shape index (κ2) is 7.34. The fourth-order valence-electron chi connectivity index (χ4n) is 4.53. The van der Waals surface area contributed by atoms with Gasteiger partial charge in [-0.2, -0.15) is 0 Å². The molecule has 0 saturated heterocycles. The predicted octanol–water partition coefficient (Wildman–Crippen LogP) is 5.92. The molecule has 3 nitrogen and oxygen atoms in total. The SMILES string of the molecule is Cc1ccccc1CN1C(=O)CC(c2ccc(O)cc2)c2c1ccc1ccccc21. The third-order valence-electron chi connectivity index (χ3n) is 6.15. The van der Waals surface area contributed by atoms with Crippen LogP contribution in [0.4, 0.5) is 5.69 Å². The molecule has 0 spiro atoms. The molecule has 1 amide bonds. The van der Waals surface area contributed by atoms with E-state index in [9.17, 15) is 9.90 Å². The minimum Gasteiger partial charge on any atom is -0.508 e. The van der Waals surface area contributed by atoms with Crippen LogP contribution in [0.2, 0.25) is 0 Å². The molecule has 1 aliphatic rings. The number of amides is 1. The van der Waals surface area contributed by atoms with Gasteiger partial charge in [0.15, 0.2) is 0 Å². The van der Waals surface area contributed by atoms with Gasteiger partial charge in [-0.3, -0.25) is 4.79 Å². The number of carbonyl (C=O) groups excluding carboxylic acids is 1. The molecule has 1 aliphatic heterocycles. The van der Waals surface area contributed by atoms with Crippen LogP contribution in [0.25, 0.3) is 10.8 Å². The Kier molecular flexibility index (Phi) is 4.51. The summed E-state index contributed by atoms with van der Waals surface area (Å²) in [4.78, 5) is 15.3. The van der Waals surface area contributed by atoms with Crippen molar-refractivity contribution in [1.82, 2.24) is 0 Å². The topological polar surface area (TPSA) is 40.5 Å². The van der Waals surface area contributed by atoms with E-state index in [1.54, 1.807) is 12.1 Å². The van der Waals surface area contributed by atoms with Crippen molar-refractivity contribution < 1.29 is 9.90 Å². The van der Waals surface area contributed by atoms with Crippen LogP contribution in [0.1, 0.15) is 34.6 Å². The molecule has 1 N–H and O–H groups in total. The largest absolute Gasteiger partial charge is 0.508 e. The molecule has 0 bridgehead atoms. The third-order valence-corrected chi connectivity index (χ3v) is 6.15. The molecule has 4 aromatic carbocycles. The van der Waals surface area contributed by atoms with E-state index >= 15 is 0 Å². The molecule has 0 aromatic heterocycles. The minimum absolute atomic E-state index is 0.0349. The number of phenolic OH excluding ortho intramolecular Hbond substituents is 1. The number of rotatable bonds is 3. The predicted molar refractivity (Wildman–Crippen MR) is 121 cm³/mol. The van der Waals surface area contributed by atoms with E-state index in [1.807, 2.05) is 35.2 Å². The summed E-state index contributed by atoms with van der Waals surface area (Å²) in [6.45, 7) is 2.66. The van der Waals surface area contributed by atoms with Crippen LogP contribution >= 0.6 is 0 Å². The standard InChI is InChI=1S/C27H23NO2/c1-18-6-2-3-8-21(18)17-28-25-15-12-19-7-4-5-9-23(19)27(25)24(16-26(28)30)20-10-13-22(29)14-11-20/h2-15,24,29H,16-17H2,1H3. The third kappa shape index (κ3) is 3.13. The van der Waals surface area contributed by atoms with Crippen LogP contribution in [-0.2, 0) is 11.3 Å². The van der Waals surface area contributed by atoms with Gasteiger partial charge >= 0.3 is 0 Å². The summed E-state index contributed by atoms with van der Waals surface area (Å²) >= 11 is 0. The van der Waals surface area contributed by atoms with Crippen LogP contribution in [0, 0.1) is 6.92 Å². The summed E-state index contributed by atoms with van der Waals surface area (Å²) in [5.41, 5.74) is 5.56. The van der Waals surface area contributed by atoms with Gasteiger partial charge in [-0.25, -0.2) is 0 Å². The maximum absolute atomic E-state index is 13.3. The minimum atomic E-state index is -0.0349. The lowest BCUT2D eigenvalue weighted by Crippen LogP contribution is -2.36. The first-order valence-corrected chi connectivity index (χ1v) is 10.3. The second-order valence-electron chi connectivity index (χ2n) is 7.97. The fourth-order valence-corrected chi connectivity index (χ4v) is 4.53. The zero-order valence-electron chi connectivity index (χ0n) is 16.9. The van der Waals surface area contributed by atoms with Gasteiger partial charge in [-0.05, 0) is 58.1 Å². The van der Waals surface area contributed by atoms with Crippen molar-refractivity contribution in [2.75, 3.05) is 4.90 Å². The lowest BCUT2D eigenvalue weighted by Gasteiger charge is -2.35. The van der Waals surface area contributed by atoms with Gasteiger partial charge in [0.1, 0.15) is 5.75 Å². The molecule has 1 heterocycles. The molecule has 1 atom stereocenters. The fraction of sp³-hybridized carbons (Fsp3) is 0.148. The molecule has 0 saturated carbocycles. The van der Waals surface area contributed by atoms with Gasteiger partial charge in [0, 0.05) is 18.0 Å². The molecule has 5 rings (SSSR count). The van der Waals surface area contributed by atoms with Crippen molar-refractivity contribution in [3.63, 3.8) is 0 Å². The highest BCUT2D eigenvalue weighted by atomic mass is 16.3. The Hall–Kier alpha value is -3.59. The van der Waals surface area contributed by atoms with Gasteiger partial charge in [-0.15, -0.1) is 0 Å². The first kappa shape index (κ1) is 18.4. The first-order valence-electron chi connectivity index (χ1n) is 10.3. The number of nitrogens with zero attached hydrogens (tertiary/aromatic N) is 1. The Morgan fingerprint density at radius 1 is 0.900 bits per heavy atom. The van der Waals surface area contributed by atoms with Gasteiger partial charge in [0.05, 0.1) is 6.54 Å². The zero-order valence-corrected chi connectivity index (χ0v) is 16.9. The molecule has 0 radical (unpaired) electrons. The summed E-state index contributed by atoms with van der Waals surface area (Å²) < 4.78 is 0. The number of anilines is 1. The number of aromatic hydroxyl groups is 1. The zero-order chi connectivity index (χ0) is 20.7. The number of aryl methyl sites for hydroxylation is 1. The quantitative estimate of drug-likeness (QED) is 0.469. The monoisotopic (exact) mass is 393 g/mol. The highest BCUT2D eigenvalue weighted by Crippen LogP contribution is 2.44. The van der Waals surface area contributed by atoms with Crippen molar-refractivity contribution in [1.29, 1.82) is 0 Å². The van der Waals surface area contributed by atoms with E-state index in [1.165, 1.54) is 21.9 Å². The van der Waals surface area contributed by atoms with Crippen molar-refractivity contribution in [3.8, 4) is 5.75 Å². The van der Waals surface area contributed by atoms with E-state index in [4.69, 9.17) is 0 Å². The smallest absolute Gasteiger partial charge is 0.228 e. The Labute approximate surface area is 176 Å². The number of benzene rings is 4. The van der Waals surface area contributed by atoms with E-state index in [0.717, 1.165) is 16.8 Å². The second-order valence-corrected chi connectivity index (χ2v) is 7.97. The number of hydrogen-bond acceptors (Lipinski definition) is 2. The van der Waals surface area contributed by atoms with Gasteiger partial charge in [0.25, 0.3) is 0 Å². The first-order chi connectivity index (χ1) is 14.6. The van der Waals surface area contributed by atoms with E-state index in [-0.39, 0.29) is 17.6 Å². The number of fused-ring (bicyclic) bond motifs is 3. The van der Waals surface area contributed by atoms with Crippen LogP contribution < -0.4 is 4.90 Å². The van der Waals surface area contributed by atoms with Gasteiger partial charge < -0.3 is 10.0 Å². The normalized spacial score (nSPS) is 16.0. The van der Waals surface area contributed by atoms with Crippen molar-refractivity contribution in [2.45, 2.75) is 25.8 Å². The molecular formula is C27H23NO2. The Morgan fingerprint density at radius 3 is 2.43 bits per heavy atom. The summed E-state index contributed by atoms with van der Waals surface area (Å²) in [6, 6.07) is 28.0. The number of hydrogen-bond donors (Lipinski definition) is 1. The lowest BCUT2D eigenvalue weighted by molar-refractivity contribution is -0.119. The van der Waals surface area contributed by atoms with Crippen LogP contribution in [-0.4, -0.2) is 11.0 Å². The van der Waals surface area contributed by atoms with Crippen molar-refractivity contribution in [2.24, 2.45) is 0 Å². The molecule has 3 heteroatoms. The Morgan fingerprint density at radius 2 is 1.63 bits per heavy atom. The Balaban J connectivity index is 1.69. The summed E-state index contributed by atoms with van der Waals surface area (Å²) in [7, 11) is 0. The highest BCUT2D eigenvalue weighted by Gasteiger charge is 2.33. The van der Waals surface area contributed by atoms with Crippen molar-refractivity contribution >= 4 is 22.4 Å². The average Bonchev–Trinajstić information content (AvgIpc) is 2.77. The lowest BCUT2D eigenvalue weighted by atomic mass is 9.81. The highest BCUT2D eigenvalue weighted by molar-refractivity contribution is 6.03. The van der Waals surface area contributed by atoms with Gasteiger partial charge in [0.2, 0.25) is 5.91 Å². The van der Waals surface area contributed by atoms with E-state index in [2.05, 4.69) is 49.4 Å². The molecular weight excluding hydrogens is 370 g/mol. The van der Waals surface area contributed by atoms with Crippen LogP contribution in [0.3, 0.4) is 0 Å². The van der Waals surface area contributed by atoms with Crippen molar-refractivity contribution in [3.05, 3.63) is 107 Å². The van der Waals surface area contributed by atoms with E-state index < -0.39 is 0 Å². The Bertz CT molecular complexity index is 1240. The molecule has 4 aromatic rings. The summed E-state index contributed by atoms with van der Waals surface area (Å²) in [5.74, 6) is 0.326. The van der Waals surface area contributed by atoms with Crippen LogP contribution in [0.15, 0.2) is 84.9 Å². The molecule has 1 unspecified atom stereocenters. The number of carbonyl (C=O) groups is 1. The average molecular weight is 393 g/mol. The van der Waals surface area contributed by atoms with Gasteiger partial charge in [-0.1, -0.05) is 66.7 Å². The number of phenols is 1. The molecule has 0 fully saturated rings. The molecule has 0 aliphatic carbocycles. The summed E-state index contributed by atoms with van der Waals surface area (Å²) in [6.07, 6.45) is 0.414. The van der Waals surface area contributed by atoms with Crippen LogP contribution in [0.5, 0.6) is 5.75 Å². The molecule has 148 valence electrons. The maximum atomic E-state index is 13.3. The maximum Gasteiger partial charge on any atom is 0.228 e. The summed E-state index contributed by atoms with van der Waals surface area (Å²) in [5, 5.41) is 12.1. The molecule has 30 heavy (non-hydrogen) atoms. The van der Waals surface area contributed by atoms with E-state index in [0.29, 0.717) is 13.0 Å².